The largest absolute Gasteiger partial charge is 0.350 e. The van der Waals surface area contributed by atoms with E-state index in [4.69, 9.17) is 0 Å². The van der Waals surface area contributed by atoms with E-state index in [9.17, 15) is 24.5 Å². The Morgan fingerprint density at radius 3 is 2.52 bits per heavy atom. The smallest absolute Gasteiger partial charge is 0.297 e. The lowest BCUT2D eigenvalue weighted by atomic mass is 10.0. The predicted octanol–water partition coefficient (Wildman–Crippen LogP) is 0.697. The fourth-order valence-electron chi connectivity index (χ4n) is 2.66. The van der Waals surface area contributed by atoms with Crippen molar-refractivity contribution in [1.82, 2.24) is 9.13 Å². The van der Waals surface area contributed by atoms with Gasteiger partial charge in [-0.1, -0.05) is 12.8 Å². The summed E-state index contributed by atoms with van der Waals surface area (Å²) >= 11 is 0. The topological polar surface area (TPSA) is 104 Å². The van der Waals surface area contributed by atoms with Crippen molar-refractivity contribution in [2.45, 2.75) is 45.7 Å². The van der Waals surface area contributed by atoms with Gasteiger partial charge >= 0.3 is 16.9 Å². The summed E-state index contributed by atoms with van der Waals surface area (Å²) < 4.78 is 1.75. The summed E-state index contributed by atoms with van der Waals surface area (Å²) in [6, 6.07) is 0. The summed E-state index contributed by atoms with van der Waals surface area (Å²) in [5.74, 6) is -0.347. The van der Waals surface area contributed by atoms with Crippen LogP contribution in [0.15, 0.2) is 15.8 Å². The molecule has 1 aliphatic rings. The van der Waals surface area contributed by atoms with Gasteiger partial charge < -0.3 is 0 Å². The van der Waals surface area contributed by atoms with Crippen molar-refractivity contribution in [3.05, 3.63) is 37.1 Å². The van der Waals surface area contributed by atoms with E-state index in [1.165, 1.54) is 0 Å². The minimum absolute atomic E-state index is 0.148. The standard InChI is InChI=1S/C13H17N3O5/c1-2-14-7-10(16(20)21)12(18)15(13(14)19)8-11(17)9-5-3-4-6-9/h7,9H,2-6,8H2,1H3. The SMILES string of the molecule is CCn1cc([N+](=O)[O-])c(=O)n(CC(=O)C2CCCC2)c1=O. The predicted molar refractivity (Wildman–Crippen MR) is 74.3 cm³/mol. The zero-order chi connectivity index (χ0) is 15.6. The number of carbonyl (C=O) groups is 1. The Morgan fingerprint density at radius 1 is 1.38 bits per heavy atom. The van der Waals surface area contributed by atoms with Gasteiger partial charge in [0.15, 0.2) is 5.78 Å². The van der Waals surface area contributed by atoms with Gasteiger partial charge in [-0.3, -0.25) is 24.3 Å². The number of carbonyl (C=O) groups excluding carboxylic acids is 1. The Morgan fingerprint density at radius 2 is 2.00 bits per heavy atom. The number of hydrogen-bond acceptors (Lipinski definition) is 5. The Balaban J connectivity index is 2.44. The van der Waals surface area contributed by atoms with E-state index in [0.717, 1.165) is 36.4 Å². The monoisotopic (exact) mass is 295 g/mol. The van der Waals surface area contributed by atoms with E-state index in [1.807, 2.05) is 0 Å². The maximum atomic E-state index is 12.1. The van der Waals surface area contributed by atoms with Gasteiger partial charge in [0.05, 0.1) is 17.7 Å². The number of nitrogens with zero attached hydrogens (tertiary/aromatic N) is 3. The second-order valence-electron chi connectivity index (χ2n) is 5.18. The highest BCUT2D eigenvalue weighted by Crippen LogP contribution is 2.25. The van der Waals surface area contributed by atoms with Crippen LogP contribution in [-0.4, -0.2) is 19.8 Å². The second-order valence-corrected chi connectivity index (χ2v) is 5.18. The molecule has 114 valence electrons. The lowest BCUT2D eigenvalue weighted by Gasteiger charge is -2.11. The molecule has 0 N–H and O–H groups in total. The summed E-state index contributed by atoms with van der Waals surface area (Å²) in [5.41, 5.74) is -2.38. The molecule has 8 heteroatoms. The van der Waals surface area contributed by atoms with Crippen LogP contribution in [0, 0.1) is 16.0 Å². The molecule has 1 heterocycles. The van der Waals surface area contributed by atoms with Crippen LogP contribution in [0.3, 0.4) is 0 Å². The molecule has 0 spiro atoms. The minimum Gasteiger partial charge on any atom is -0.297 e. The number of rotatable bonds is 5. The first-order valence-corrected chi connectivity index (χ1v) is 6.97. The average Bonchev–Trinajstić information content (AvgIpc) is 2.97. The van der Waals surface area contributed by atoms with Crippen molar-refractivity contribution in [2.75, 3.05) is 0 Å². The van der Waals surface area contributed by atoms with Crippen molar-refractivity contribution in [1.29, 1.82) is 0 Å². The van der Waals surface area contributed by atoms with E-state index < -0.39 is 21.9 Å². The van der Waals surface area contributed by atoms with Crippen LogP contribution in [0.25, 0.3) is 0 Å². The van der Waals surface area contributed by atoms with Crippen LogP contribution in [0.1, 0.15) is 32.6 Å². The molecule has 0 aliphatic heterocycles. The molecule has 0 aromatic carbocycles. The van der Waals surface area contributed by atoms with Crippen molar-refractivity contribution < 1.29 is 9.72 Å². The summed E-state index contributed by atoms with van der Waals surface area (Å²) in [5, 5.41) is 10.9. The molecule has 8 nitrogen and oxygen atoms in total. The summed E-state index contributed by atoms with van der Waals surface area (Å²) in [7, 11) is 0. The van der Waals surface area contributed by atoms with Crippen molar-refractivity contribution >= 4 is 11.5 Å². The lowest BCUT2D eigenvalue weighted by molar-refractivity contribution is -0.387. The molecule has 1 aliphatic carbocycles. The van der Waals surface area contributed by atoms with Gasteiger partial charge in [-0.15, -0.1) is 0 Å². The number of aryl methyl sites for hydroxylation is 1. The van der Waals surface area contributed by atoms with Gasteiger partial charge in [0.2, 0.25) is 0 Å². The molecule has 0 atom stereocenters. The summed E-state index contributed by atoms with van der Waals surface area (Å²) in [6.45, 7) is 1.44. The first kappa shape index (κ1) is 15.1. The molecule has 0 radical (unpaired) electrons. The van der Waals surface area contributed by atoms with E-state index >= 15 is 0 Å². The summed E-state index contributed by atoms with van der Waals surface area (Å²) in [6.07, 6.45) is 4.36. The number of hydrogen-bond donors (Lipinski definition) is 0. The lowest BCUT2D eigenvalue weighted by Crippen LogP contribution is -2.42. The molecule has 1 saturated carbocycles. The van der Waals surface area contributed by atoms with Crippen LogP contribution in [0.4, 0.5) is 5.69 Å². The van der Waals surface area contributed by atoms with E-state index in [1.54, 1.807) is 6.92 Å². The maximum Gasteiger partial charge on any atom is 0.350 e. The molecule has 21 heavy (non-hydrogen) atoms. The number of ketones is 1. The third kappa shape index (κ3) is 2.93. The zero-order valence-electron chi connectivity index (χ0n) is 11.8. The van der Waals surface area contributed by atoms with Gasteiger partial charge in [0.25, 0.3) is 0 Å². The van der Waals surface area contributed by atoms with Crippen LogP contribution in [0.2, 0.25) is 0 Å². The third-order valence-electron chi connectivity index (χ3n) is 3.88. The van der Waals surface area contributed by atoms with E-state index in [-0.39, 0.29) is 24.8 Å². The maximum absolute atomic E-state index is 12.1. The number of nitro groups is 1. The highest BCUT2D eigenvalue weighted by molar-refractivity contribution is 5.81. The molecule has 0 saturated heterocycles. The fraction of sp³-hybridized carbons (Fsp3) is 0.615. The minimum atomic E-state index is -1.01. The van der Waals surface area contributed by atoms with Gasteiger partial charge in [0, 0.05) is 12.5 Å². The van der Waals surface area contributed by atoms with Crippen LogP contribution >= 0.6 is 0 Å². The van der Waals surface area contributed by atoms with E-state index in [0.29, 0.717) is 4.57 Å². The molecule has 0 bridgehead atoms. The quantitative estimate of drug-likeness (QED) is 0.587. The first-order chi connectivity index (χ1) is 9.95. The van der Waals surface area contributed by atoms with Crippen LogP contribution in [-0.2, 0) is 17.9 Å². The average molecular weight is 295 g/mol. The van der Waals surface area contributed by atoms with Crippen LogP contribution < -0.4 is 11.2 Å². The Bertz CT molecular complexity index is 682. The van der Waals surface area contributed by atoms with Gasteiger partial charge in [-0.05, 0) is 19.8 Å². The molecular formula is C13H17N3O5. The molecule has 2 rings (SSSR count). The first-order valence-electron chi connectivity index (χ1n) is 6.97. The van der Waals surface area contributed by atoms with Gasteiger partial charge in [-0.2, -0.15) is 0 Å². The van der Waals surface area contributed by atoms with Crippen molar-refractivity contribution in [2.24, 2.45) is 5.92 Å². The highest BCUT2D eigenvalue weighted by atomic mass is 16.6. The zero-order valence-corrected chi connectivity index (χ0v) is 11.8. The van der Waals surface area contributed by atoms with Crippen molar-refractivity contribution in [3.63, 3.8) is 0 Å². The Kier molecular flexibility index (Phi) is 4.35. The summed E-state index contributed by atoms with van der Waals surface area (Å²) in [4.78, 5) is 46.3. The Labute approximate surface area is 120 Å². The fourth-order valence-corrected chi connectivity index (χ4v) is 2.66. The van der Waals surface area contributed by atoms with Gasteiger partial charge in [-0.25, -0.2) is 9.36 Å². The molecule has 1 aromatic rings. The highest BCUT2D eigenvalue weighted by Gasteiger charge is 2.26. The normalized spacial score (nSPS) is 15.3. The molecule has 1 aromatic heterocycles. The molecule has 1 fully saturated rings. The van der Waals surface area contributed by atoms with Gasteiger partial charge in [0.1, 0.15) is 0 Å². The molecule has 0 amide bonds. The Hall–Kier alpha value is -2.25. The number of Topliss-reactive ketones (excluding diaryl/α,β-unsaturated/α-hetero) is 1. The second kappa shape index (κ2) is 6.02. The van der Waals surface area contributed by atoms with E-state index in [2.05, 4.69) is 0 Å². The van der Waals surface area contributed by atoms with Crippen LogP contribution in [0.5, 0.6) is 0 Å². The number of aromatic nitrogens is 2. The third-order valence-corrected chi connectivity index (χ3v) is 3.88. The molecular weight excluding hydrogens is 278 g/mol. The van der Waals surface area contributed by atoms with Crippen molar-refractivity contribution in [3.8, 4) is 0 Å². The molecule has 0 unspecified atom stereocenters.